The molecule has 5 nitrogen and oxygen atoms in total. The zero-order valence-electron chi connectivity index (χ0n) is 13.8. The average Bonchev–Trinajstić information content (AvgIpc) is 2.59. The Balaban J connectivity index is 2.05. The highest BCUT2D eigenvalue weighted by atomic mass is 28.3. The Labute approximate surface area is 135 Å². The molecule has 0 unspecified atom stereocenters. The fourth-order valence-corrected chi connectivity index (χ4v) is 5.15. The van der Waals surface area contributed by atoms with E-state index >= 15 is 0 Å². The third-order valence-corrected chi connectivity index (χ3v) is 6.09. The first-order chi connectivity index (χ1) is 10.6. The van der Waals surface area contributed by atoms with Crippen LogP contribution in [0.5, 0.6) is 0 Å². The number of rotatable bonds is 2. The van der Waals surface area contributed by atoms with Crippen molar-refractivity contribution in [1.82, 2.24) is 5.32 Å². The molecule has 3 rings (SSSR count). The Morgan fingerprint density at radius 1 is 1.39 bits per heavy atom. The Kier molecular flexibility index (Phi) is 3.51. The molecule has 1 aromatic carbocycles. The van der Waals surface area contributed by atoms with Crippen molar-refractivity contribution in [3.05, 3.63) is 29.6 Å². The van der Waals surface area contributed by atoms with Gasteiger partial charge in [0, 0.05) is 32.8 Å². The normalized spacial score (nSPS) is 27.0. The number of ether oxygens (including phenoxy) is 1. The van der Waals surface area contributed by atoms with E-state index in [1.165, 1.54) is 17.0 Å². The number of hydrogen-bond acceptors (Lipinski definition) is 3. The van der Waals surface area contributed by atoms with E-state index in [0.29, 0.717) is 17.7 Å². The van der Waals surface area contributed by atoms with Gasteiger partial charge < -0.3 is 15.0 Å². The van der Waals surface area contributed by atoms with Crippen LogP contribution in [0, 0.1) is 5.82 Å². The van der Waals surface area contributed by atoms with Crippen LogP contribution in [-0.2, 0) is 15.1 Å². The number of alkyl carbamates (subject to hydrolysis) is 1. The van der Waals surface area contributed by atoms with Gasteiger partial charge in [0.25, 0.3) is 5.91 Å². The van der Waals surface area contributed by atoms with Gasteiger partial charge in [0.15, 0.2) is 5.54 Å². The van der Waals surface area contributed by atoms with E-state index in [4.69, 9.17) is 4.74 Å². The minimum absolute atomic E-state index is 0.240. The molecule has 1 spiro atoms. The van der Waals surface area contributed by atoms with Crippen LogP contribution in [0.2, 0.25) is 25.7 Å². The van der Waals surface area contributed by atoms with E-state index in [0.717, 1.165) is 6.04 Å². The van der Waals surface area contributed by atoms with Gasteiger partial charge in [-0.1, -0.05) is 19.6 Å². The number of amides is 2. The Hall–Kier alpha value is -1.89. The van der Waals surface area contributed by atoms with Crippen molar-refractivity contribution in [2.45, 2.75) is 43.7 Å². The molecule has 1 aromatic rings. The minimum Gasteiger partial charge on any atom is -0.446 e. The number of carbonyl (C=O) groups is 2. The highest BCUT2D eigenvalue weighted by Crippen LogP contribution is 2.45. The molecule has 2 atom stereocenters. The number of halogens is 1. The van der Waals surface area contributed by atoms with Crippen LogP contribution >= 0.6 is 0 Å². The van der Waals surface area contributed by atoms with E-state index in [1.807, 2.05) is 0 Å². The predicted molar refractivity (Wildman–Crippen MR) is 87.7 cm³/mol. The van der Waals surface area contributed by atoms with Gasteiger partial charge in [-0.05, 0) is 24.2 Å². The van der Waals surface area contributed by atoms with Crippen LogP contribution in [0.15, 0.2) is 18.2 Å². The topological polar surface area (TPSA) is 58.6 Å². The van der Waals surface area contributed by atoms with E-state index in [2.05, 4.69) is 25.0 Å². The van der Waals surface area contributed by atoms with Crippen LogP contribution in [0.4, 0.5) is 14.9 Å². The molecular formula is C16H21FN2O3Si. The molecule has 2 amide bonds. The molecule has 2 aliphatic heterocycles. The first kappa shape index (κ1) is 16.0. The molecule has 1 fully saturated rings. The summed E-state index contributed by atoms with van der Waals surface area (Å²) in [4.78, 5) is 26.4. The van der Waals surface area contributed by atoms with E-state index in [9.17, 15) is 14.0 Å². The van der Waals surface area contributed by atoms with Gasteiger partial charge in [-0.3, -0.25) is 4.79 Å². The summed E-state index contributed by atoms with van der Waals surface area (Å²) in [5.74, 6) is -0.663. The van der Waals surface area contributed by atoms with Crippen LogP contribution in [-0.4, -0.2) is 33.2 Å². The standard InChI is InChI=1S/C16H21FN2O3Si/c1-19-13-6-5-10(17)7-12(13)16(14(19)20)8-11(9-23(2,3)4)22-15(21)18-16/h5-7,11H,8-9H2,1-4H3,(H,18,21)/t11-,16+/m0/s1. The molecule has 124 valence electrons. The molecule has 0 bridgehead atoms. The summed E-state index contributed by atoms with van der Waals surface area (Å²) < 4.78 is 19.2. The lowest BCUT2D eigenvalue weighted by atomic mass is 9.85. The molecule has 0 aromatic heterocycles. The molecular weight excluding hydrogens is 315 g/mol. The molecule has 23 heavy (non-hydrogen) atoms. The highest BCUT2D eigenvalue weighted by Gasteiger charge is 2.55. The number of nitrogens with one attached hydrogen (secondary N) is 1. The molecule has 2 aliphatic rings. The van der Waals surface area contributed by atoms with Gasteiger partial charge in [0.05, 0.1) is 0 Å². The largest absolute Gasteiger partial charge is 0.446 e. The molecule has 0 radical (unpaired) electrons. The second-order valence-corrected chi connectivity index (χ2v) is 13.1. The number of nitrogens with zero attached hydrogens (tertiary/aromatic N) is 1. The number of carbonyl (C=O) groups excluding carboxylic acids is 2. The lowest BCUT2D eigenvalue weighted by molar-refractivity contribution is -0.126. The summed E-state index contributed by atoms with van der Waals surface area (Å²) in [5.41, 5.74) is -0.0705. The summed E-state index contributed by atoms with van der Waals surface area (Å²) in [6, 6.07) is 5.01. The number of anilines is 1. The summed E-state index contributed by atoms with van der Waals surface area (Å²) in [7, 11) is 0.154. The predicted octanol–water partition coefficient (Wildman–Crippen LogP) is 2.83. The van der Waals surface area contributed by atoms with Gasteiger partial charge >= 0.3 is 6.09 Å². The maximum atomic E-state index is 13.8. The van der Waals surface area contributed by atoms with Crippen molar-refractivity contribution in [3.63, 3.8) is 0 Å². The molecule has 1 N–H and O–H groups in total. The summed E-state index contributed by atoms with van der Waals surface area (Å²) >= 11 is 0. The van der Waals surface area contributed by atoms with Gasteiger partial charge in [-0.15, -0.1) is 0 Å². The summed E-state index contributed by atoms with van der Waals surface area (Å²) in [6.45, 7) is 6.56. The number of cyclic esters (lactones) is 1. The lowest BCUT2D eigenvalue weighted by Crippen LogP contribution is -2.59. The molecule has 2 heterocycles. The van der Waals surface area contributed by atoms with Crippen molar-refractivity contribution < 1.29 is 18.7 Å². The molecule has 0 aliphatic carbocycles. The fourth-order valence-electron chi connectivity index (χ4n) is 3.56. The number of hydrogen-bond donors (Lipinski definition) is 1. The highest BCUT2D eigenvalue weighted by molar-refractivity contribution is 6.76. The Morgan fingerprint density at radius 3 is 2.74 bits per heavy atom. The molecule has 0 saturated carbocycles. The quantitative estimate of drug-likeness (QED) is 0.845. The van der Waals surface area contributed by atoms with Crippen molar-refractivity contribution in [3.8, 4) is 0 Å². The molecule has 7 heteroatoms. The van der Waals surface area contributed by atoms with Crippen molar-refractivity contribution in [1.29, 1.82) is 0 Å². The Bertz CT molecular complexity index is 688. The van der Waals surface area contributed by atoms with Crippen LogP contribution in [0.3, 0.4) is 0 Å². The fraction of sp³-hybridized carbons (Fsp3) is 0.500. The van der Waals surface area contributed by atoms with E-state index < -0.39 is 25.5 Å². The summed E-state index contributed by atoms with van der Waals surface area (Å²) in [6.07, 6.45) is -0.608. The van der Waals surface area contributed by atoms with Gasteiger partial charge in [-0.2, -0.15) is 0 Å². The van der Waals surface area contributed by atoms with Crippen molar-refractivity contribution in [2.24, 2.45) is 0 Å². The van der Waals surface area contributed by atoms with Gasteiger partial charge in [0.2, 0.25) is 0 Å². The first-order valence-electron chi connectivity index (χ1n) is 7.69. The van der Waals surface area contributed by atoms with Crippen LogP contribution in [0.1, 0.15) is 12.0 Å². The minimum atomic E-state index is -1.49. The van der Waals surface area contributed by atoms with Gasteiger partial charge in [-0.25, -0.2) is 9.18 Å². The zero-order chi connectivity index (χ0) is 17.0. The Morgan fingerprint density at radius 2 is 2.09 bits per heavy atom. The van der Waals surface area contributed by atoms with Crippen LogP contribution in [0.25, 0.3) is 0 Å². The van der Waals surface area contributed by atoms with Crippen LogP contribution < -0.4 is 10.2 Å². The maximum Gasteiger partial charge on any atom is 0.408 e. The first-order valence-corrected chi connectivity index (χ1v) is 11.4. The zero-order valence-corrected chi connectivity index (χ0v) is 14.8. The third kappa shape index (κ3) is 2.63. The van der Waals surface area contributed by atoms with E-state index in [-0.39, 0.29) is 12.0 Å². The second kappa shape index (κ2) is 5.05. The van der Waals surface area contributed by atoms with Gasteiger partial charge in [0.1, 0.15) is 11.9 Å². The maximum absolute atomic E-state index is 13.8. The smallest absolute Gasteiger partial charge is 0.408 e. The number of benzene rings is 1. The number of likely N-dealkylation sites (N-methyl/N-ethyl adjacent to an activating group) is 1. The van der Waals surface area contributed by atoms with Crippen molar-refractivity contribution in [2.75, 3.05) is 11.9 Å². The second-order valence-electron chi connectivity index (χ2n) is 7.55. The average molecular weight is 336 g/mol. The third-order valence-electron chi connectivity index (χ3n) is 4.41. The van der Waals surface area contributed by atoms with Crippen molar-refractivity contribution >= 4 is 25.8 Å². The summed E-state index contributed by atoms with van der Waals surface area (Å²) in [5, 5.41) is 2.67. The van der Waals surface area contributed by atoms with E-state index in [1.54, 1.807) is 13.1 Å². The lowest BCUT2D eigenvalue weighted by Gasteiger charge is -2.39. The molecule has 1 saturated heterocycles. The number of fused-ring (bicyclic) bond motifs is 2. The SMILES string of the molecule is CN1C(=O)[C@@]2(C[C@@H](C[Si](C)(C)C)OC(=O)N2)c2cc(F)ccc21. The monoisotopic (exact) mass is 336 g/mol.